The van der Waals surface area contributed by atoms with Gasteiger partial charge in [0.2, 0.25) is 5.76 Å². The van der Waals surface area contributed by atoms with Crippen LogP contribution in [0.2, 0.25) is 0 Å². The Hall–Kier alpha value is -2.24. The van der Waals surface area contributed by atoms with Crippen LogP contribution in [0.3, 0.4) is 0 Å². The molecule has 0 fully saturated rings. The second-order valence-corrected chi connectivity index (χ2v) is 3.46. The minimum absolute atomic E-state index is 0.152. The van der Waals surface area contributed by atoms with Crippen LogP contribution in [0.15, 0.2) is 22.7 Å². The highest BCUT2D eigenvalue weighted by molar-refractivity contribution is 5.85. The number of halogens is 2. The fourth-order valence-electron chi connectivity index (χ4n) is 1.43. The van der Waals surface area contributed by atoms with Gasteiger partial charge in [0, 0.05) is 11.6 Å². The van der Waals surface area contributed by atoms with E-state index in [0.717, 1.165) is 18.2 Å². The van der Waals surface area contributed by atoms with Gasteiger partial charge in [-0.15, -0.1) is 0 Å². The van der Waals surface area contributed by atoms with Crippen LogP contribution in [0.4, 0.5) is 8.78 Å². The molecule has 0 spiro atoms. The first-order chi connectivity index (χ1) is 7.99. The first-order valence-corrected chi connectivity index (χ1v) is 4.65. The average molecular weight is 239 g/mol. The monoisotopic (exact) mass is 239 g/mol. The standard InChI is InChI=1S/C11H7F2NO3/c1-5-2-7(12)8(13)3-6(5)9-4-10(11(15)16)17-14-9/h2-4H,1H3,(H,15,16). The van der Waals surface area contributed by atoms with Gasteiger partial charge in [0.1, 0.15) is 5.69 Å². The molecule has 1 N–H and O–H groups in total. The van der Waals surface area contributed by atoms with Gasteiger partial charge in [-0.3, -0.25) is 0 Å². The summed E-state index contributed by atoms with van der Waals surface area (Å²) in [5, 5.41) is 12.1. The third kappa shape index (κ3) is 2.01. The number of rotatable bonds is 2. The molecular formula is C11H7F2NO3. The fraction of sp³-hybridized carbons (Fsp3) is 0.0909. The number of nitrogens with zero attached hydrogens (tertiary/aromatic N) is 1. The highest BCUT2D eigenvalue weighted by atomic mass is 19.2. The summed E-state index contributed by atoms with van der Waals surface area (Å²) in [5.74, 6) is -3.62. The molecule has 6 heteroatoms. The minimum atomic E-state index is -1.27. The summed E-state index contributed by atoms with van der Waals surface area (Å²) in [6.45, 7) is 1.56. The molecule has 0 aliphatic rings. The van der Waals surface area contributed by atoms with E-state index in [2.05, 4.69) is 9.68 Å². The van der Waals surface area contributed by atoms with Crippen LogP contribution >= 0.6 is 0 Å². The van der Waals surface area contributed by atoms with E-state index in [1.165, 1.54) is 0 Å². The SMILES string of the molecule is Cc1cc(F)c(F)cc1-c1cc(C(=O)O)on1. The van der Waals surface area contributed by atoms with Gasteiger partial charge in [-0.2, -0.15) is 0 Å². The lowest BCUT2D eigenvalue weighted by atomic mass is 10.1. The van der Waals surface area contributed by atoms with Gasteiger partial charge in [-0.1, -0.05) is 5.16 Å². The van der Waals surface area contributed by atoms with Gasteiger partial charge in [0.15, 0.2) is 11.6 Å². The minimum Gasteiger partial charge on any atom is -0.475 e. The van der Waals surface area contributed by atoms with E-state index in [0.29, 0.717) is 11.1 Å². The zero-order chi connectivity index (χ0) is 12.6. The Morgan fingerprint density at radius 2 is 1.94 bits per heavy atom. The predicted molar refractivity (Wildman–Crippen MR) is 53.6 cm³/mol. The van der Waals surface area contributed by atoms with Gasteiger partial charge >= 0.3 is 5.97 Å². The molecule has 0 amide bonds. The summed E-state index contributed by atoms with van der Waals surface area (Å²) in [7, 11) is 0. The largest absolute Gasteiger partial charge is 0.475 e. The average Bonchev–Trinajstić information content (AvgIpc) is 2.72. The van der Waals surface area contributed by atoms with Crippen molar-refractivity contribution in [3.8, 4) is 11.3 Å². The highest BCUT2D eigenvalue weighted by Crippen LogP contribution is 2.25. The molecule has 0 radical (unpaired) electrons. The van der Waals surface area contributed by atoms with Crippen molar-refractivity contribution in [1.82, 2.24) is 5.16 Å². The summed E-state index contributed by atoms with van der Waals surface area (Å²) < 4.78 is 30.5. The van der Waals surface area contributed by atoms with E-state index in [9.17, 15) is 13.6 Å². The smallest absolute Gasteiger partial charge is 0.374 e. The van der Waals surface area contributed by atoms with E-state index in [1.807, 2.05) is 0 Å². The van der Waals surface area contributed by atoms with Crippen LogP contribution < -0.4 is 0 Å². The van der Waals surface area contributed by atoms with Crippen molar-refractivity contribution in [2.24, 2.45) is 0 Å². The van der Waals surface area contributed by atoms with Crippen molar-refractivity contribution in [2.75, 3.05) is 0 Å². The molecular weight excluding hydrogens is 232 g/mol. The number of hydrogen-bond donors (Lipinski definition) is 1. The number of carboxylic acids is 1. The molecule has 4 nitrogen and oxygen atoms in total. The summed E-state index contributed by atoms with van der Waals surface area (Å²) in [6.07, 6.45) is 0. The summed E-state index contributed by atoms with van der Waals surface area (Å²) >= 11 is 0. The van der Waals surface area contributed by atoms with E-state index >= 15 is 0 Å². The molecule has 0 saturated heterocycles. The summed E-state index contributed by atoms with van der Waals surface area (Å²) in [5.41, 5.74) is 0.882. The molecule has 0 aliphatic carbocycles. The lowest BCUT2D eigenvalue weighted by molar-refractivity contribution is 0.0652. The zero-order valence-corrected chi connectivity index (χ0v) is 8.70. The predicted octanol–water partition coefficient (Wildman–Crippen LogP) is 2.63. The van der Waals surface area contributed by atoms with Crippen LogP contribution in [0.25, 0.3) is 11.3 Å². The maximum absolute atomic E-state index is 13.1. The van der Waals surface area contributed by atoms with E-state index < -0.39 is 17.6 Å². The first-order valence-electron chi connectivity index (χ1n) is 4.65. The van der Waals surface area contributed by atoms with Crippen LogP contribution in [-0.4, -0.2) is 16.2 Å². The Morgan fingerprint density at radius 3 is 2.53 bits per heavy atom. The Morgan fingerprint density at radius 1 is 1.29 bits per heavy atom. The number of aromatic nitrogens is 1. The quantitative estimate of drug-likeness (QED) is 0.874. The van der Waals surface area contributed by atoms with Gasteiger partial charge in [0.05, 0.1) is 0 Å². The Kier molecular flexibility index (Phi) is 2.63. The molecule has 17 heavy (non-hydrogen) atoms. The molecule has 0 atom stereocenters. The molecule has 1 heterocycles. The molecule has 2 rings (SSSR count). The fourth-order valence-corrected chi connectivity index (χ4v) is 1.43. The number of benzene rings is 1. The lowest BCUT2D eigenvalue weighted by Crippen LogP contribution is -1.92. The van der Waals surface area contributed by atoms with Crippen LogP contribution in [0.1, 0.15) is 16.1 Å². The number of aryl methyl sites for hydroxylation is 1. The van der Waals surface area contributed by atoms with Crippen molar-refractivity contribution in [1.29, 1.82) is 0 Å². The maximum atomic E-state index is 13.1. The van der Waals surface area contributed by atoms with Crippen LogP contribution in [0.5, 0.6) is 0 Å². The van der Waals surface area contributed by atoms with Gasteiger partial charge < -0.3 is 9.63 Å². The Balaban J connectivity index is 2.52. The molecule has 1 aromatic heterocycles. The van der Waals surface area contributed by atoms with Crippen molar-refractivity contribution < 1.29 is 23.2 Å². The number of carbonyl (C=O) groups is 1. The van der Waals surface area contributed by atoms with Gasteiger partial charge in [-0.25, -0.2) is 13.6 Å². The molecule has 0 saturated carbocycles. The molecule has 1 aromatic carbocycles. The van der Waals surface area contributed by atoms with Crippen molar-refractivity contribution in [2.45, 2.75) is 6.92 Å². The second-order valence-electron chi connectivity index (χ2n) is 3.46. The molecule has 0 aliphatic heterocycles. The van der Waals surface area contributed by atoms with E-state index in [1.54, 1.807) is 6.92 Å². The van der Waals surface area contributed by atoms with E-state index in [4.69, 9.17) is 5.11 Å². The molecule has 2 aromatic rings. The van der Waals surface area contributed by atoms with E-state index in [-0.39, 0.29) is 11.5 Å². The van der Waals surface area contributed by atoms with Gasteiger partial charge in [0.25, 0.3) is 0 Å². The third-order valence-corrected chi connectivity index (χ3v) is 2.26. The zero-order valence-electron chi connectivity index (χ0n) is 8.70. The number of hydrogen-bond acceptors (Lipinski definition) is 3. The molecule has 88 valence electrons. The first kappa shape index (κ1) is 11.3. The normalized spacial score (nSPS) is 10.5. The molecule has 0 bridgehead atoms. The third-order valence-electron chi connectivity index (χ3n) is 2.26. The van der Waals surface area contributed by atoms with Crippen molar-refractivity contribution in [3.05, 3.63) is 41.2 Å². The Labute approximate surface area is 94.5 Å². The second kappa shape index (κ2) is 3.97. The van der Waals surface area contributed by atoms with Crippen LogP contribution in [-0.2, 0) is 0 Å². The molecule has 0 unspecified atom stereocenters. The van der Waals surface area contributed by atoms with Gasteiger partial charge in [-0.05, 0) is 24.6 Å². The van der Waals surface area contributed by atoms with Crippen LogP contribution in [0, 0.1) is 18.6 Å². The lowest BCUT2D eigenvalue weighted by Gasteiger charge is -2.02. The number of carboxylic acid groups (broad SMARTS) is 1. The maximum Gasteiger partial charge on any atom is 0.374 e. The summed E-state index contributed by atoms with van der Waals surface area (Å²) in [4.78, 5) is 10.6. The Bertz CT molecular complexity index is 592. The highest BCUT2D eigenvalue weighted by Gasteiger charge is 2.15. The van der Waals surface area contributed by atoms with Crippen molar-refractivity contribution in [3.63, 3.8) is 0 Å². The summed E-state index contributed by atoms with van der Waals surface area (Å²) in [6, 6.07) is 3.12. The van der Waals surface area contributed by atoms with Crippen molar-refractivity contribution >= 4 is 5.97 Å². The number of aromatic carboxylic acids is 1. The topological polar surface area (TPSA) is 63.3 Å².